The molecule has 9 nitrogen and oxygen atoms in total. The maximum atomic E-state index is 12.9. The Kier molecular flexibility index (Phi) is 7.93. The number of ketones is 1. The van der Waals surface area contributed by atoms with E-state index in [-0.39, 0.29) is 31.7 Å². The number of amidine groups is 1. The SMILES string of the molecule is Cc1ccc(CC(=O)[C@H](CC2=NCN=N2)NC(=O)[C@@H](N)CC(=O)OC(C)(C)C)cc1. The largest absolute Gasteiger partial charge is 0.460 e. The number of ether oxygens (including phenoxy) is 1. The number of hydrogen-bond acceptors (Lipinski definition) is 8. The first-order valence-corrected chi connectivity index (χ1v) is 9.80. The van der Waals surface area contributed by atoms with E-state index in [1.807, 2.05) is 31.2 Å². The van der Waals surface area contributed by atoms with Crippen LogP contribution in [0.2, 0.25) is 0 Å². The molecular weight excluding hydrogens is 386 g/mol. The van der Waals surface area contributed by atoms with Crippen LogP contribution in [0.4, 0.5) is 0 Å². The molecule has 0 spiro atoms. The van der Waals surface area contributed by atoms with Crippen LogP contribution in [0.5, 0.6) is 0 Å². The third kappa shape index (κ3) is 7.82. The number of aryl methyl sites for hydroxylation is 1. The van der Waals surface area contributed by atoms with Crippen molar-refractivity contribution in [1.82, 2.24) is 5.32 Å². The molecule has 1 heterocycles. The molecule has 1 amide bonds. The summed E-state index contributed by atoms with van der Waals surface area (Å²) >= 11 is 0. The molecule has 0 saturated heterocycles. The zero-order valence-electron chi connectivity index (χ0n) is 17.8. The van der Waals surface area contributed by atoms with Crippen molar-refractivity contribution in [2.75, 3.05) is 6.67 Å². The molecule has 1 aromatic carbocycles. The van der Waals surface area contributed by atoms with Crippen molar-refractivity contribution >= 4 is 23.5 Å². The van der Waals surface area contributed by atoms with Crippen LogP contribution in [-0.2, 0) is 25.5 Å². The fourth-order valence-corrected chi connectivity index (χ4v) is 2.76. The average molecular weight is 415 g/mol. The van der Waals surface area contributed by atoms with Crippen LogP contribution in [-0.4, -0.2) is 47.8 Å². The summed E-state index contributed by atoms with van der Waals surface area (Å²) in [5.74, 6) is -1.01. The Morgan fingerprint density at radius 1 is 1.20 bits per heavy atom. The minimum Gasteiger partial charge on any atom is -0.460 e. The van der Waals surface area contributed by atoms with Gasteiger partial charge in [-0.1, -0.05) is 29.8 Å². The number of hydrogen-bond donors (Lipinski definition) is 2. The number of nitrogens with one attached hydrogen (secondary N) is 1. The van der Waals surface area contributed by atoms with Crippen LogP contribution in [0, 0.1) is 6.92 Å². The molecule has 9 heteroatoms. The highest BCUT2D eigenvalue weighted by atomic mass is 16.6. The summed E-state index contributed by atoms with van der Waals surface area (Å²) in [7, 11) is 0. The summed E-state index contributed by atoms with van der Waals surface area (Å²) in [6.07, 6.45) is -0.0430. The van der Waals surface area contributed by atoms with Gasteiger partial charge in [-0.3, -0.25) is 14.4 Å². The lowest BCUT2D eigenvalue weighted by Gasteiger charge is -2.22. The molecule has 1 aliphatic heterocycles. The van der Waals surface area contributed by atoms with Gasteiger partial charge in [0, 0.05) is 12.8 Å². The third-order valence-corrected chi connectivity index (χ3v) is 4.24. The Hall–Kier alpha value is -2.94. The highest BCUT2D eigenvalue weighted by molar-refractivity contribution is 5.97. The number of Topliss-reactive ketones (excluding diaryl/α,β-unsaturated/α-hetero) is 1. The Bertz CT molecular complexity index is 840. The summed E-state index contributed by atoms with van der Waals surface area (Å²) in [6, 6.07) is 5.56. The van der Waals surface area contributed by atoms with Gasteiger partial charge in [0.2, 0.25) is 5.91 Å². The molecule has 3 N–H and O–H groups in total. The number of aliphatic imine (C=N–C) groups is 1. The first-order chi connectivity index (χ1) is 14.0. The van der Waals surface area contributed by atoms with Crippen LogP contribution in [0.25, 0.3) is 0 Å². The first kappa shape index (κ1) is 23.3. The van der Waals surface area contributed by atoms with E-state index >= 15 is 0 Å². The van der Waals surface area contributed by atoms with Gasteiger partial charge >= 0.3 is 5.97 Å². The highest BCUT2D eigenvalue weighted by Gasteiger charge is 2.28. The highest BCUT2D eigenvalue weighted by Crippen LogP contribution is 2.11. The van der Waals surface area contributed by atoms with Gasteiger partial charge in [0.05, 0.1) is 18.5 Å². The number of carbonyl (C=O) groups excluding carboxylic acids is 3. The molecular formula is C21H29N5O4. The minimum absolute atomic E-state index is 0.110. The van der Waals surface area contributed by atoms with Crippen LogP contribution in [0.3, 0.4) is 0 Å². The molecule has 1 aromatic rings. The van der Waals surface area contributed by atoms with E-state index in [0.29, 0.717) is 5.84 Å². The molecule has 1 aliphatic rings. The standard InChI is InChI=1S/C21H29N5O4/c1-13-5-7-14(8-6-13)9-17(27)16(11-18-23-12-24-26-18)25-20(29)15(22)10-19(28)30-21(2,3)4/h5-8,15-16H,9-12,22H2,1-4H3,(H,25,29)/t15-,16-/m0/s1. The Morgan fingerprint density at radius 3 is 2.43 bits per heavy atom. The Labute approximate surface area is 176 Å². The molecule has 2 rings (SSSR count). The Balaban J connectivity index is 2.03. The molecule has 0 unspecified atom stereocenters. The fourth-order valence-electron chi connectivity index (χ4n) is 2.76. The maximum Gasteiger partial charge on any atom is 0.308 e. The van der Waals surface area contributed by atoms with E-state index in [1.54, 1.807) is 20.8 Å². The van der Waals surface area contributed by atoms with E-state index in [0.717, 1.165) is 11.1 Å². The summed E-state index contributed by atoms with van der Waals surface area (Å²) in [5.41, 5.74) is 7.11. The zero-order valence-corrected chi connectivity index (χ0v) is 17.8. The van der Waals surface area contributed by atoms with Crippen molar-refractivity contribution in [2.24, 2.45) is 21.0 Å². The second kappa shape index (κ2) is 10.2. The van der Waals surface area contributed by atoms with Gasteiger partial charge in [0.1, 0.15) is 11.4 Å². The number of nitrogens with zero attached hydrogens (tertiary/aromatic N) is 3. The van der Waals surface area contributed by atoms with Crippen molar-refractivity contribution in [3.8, 4) is 0 Å². The molecule has 0 aliphatic carbocycles. The average Bonchev–Trinajstić information content (AvgIpc) is 3.14. The molecule has 0 aromatic heterocycles. The lowest BCUT2D eigenvalue weighted by molar-refractivity contribution is -0.156. The van der Waals surface area contributed by atoms with Gasteiger partial charge < -0.3 is 15.8 Å². The summed E-state index contributed by atoms with van der Waals surface area (Å²) < 4.78 is 5.19. The summed E-state index contributed by atoms with van der Waals surface area (Å²) in [5, 5.41) is 10.3. The van der Waals surface area contributed by atoms with Crippen molar-refractivity contribution in [3.05, 3.63) is 35.4 Å². The Morgan fingerprint density at radius 2 is 1.87 bits per heavy atom. The van der Waals surface area contributed by atoms with E-state index in [1.165, 1.54) is 0 Å². The van der Waals surface area contributed by atoms with Crippen molar-refractivity contribution < 1.29 is 19.1 Å². The number of azo groups is 1. The number of benzene rings is 1. The second-order valence-corrected chi connectivity index (χ2v) is 8.25. The summed E-state index contributed by atoms with van der Waals surface area (Å²) in [4.78, 5) is 41.5. The zero-order chi connectivity index (χ0) is 22.3. The smallest absolute Gasteiger partial charge is 0.308 e. The van der Waals surface area contributed by atoms with Crippen molar-refractivity contribution in [1.29, 1.82) is 0 Å². The van der Waals surface area contributed by atoms with E-state index in [9.17, 15) is 14.4 Å². The van der Waals surface area contributed by atoms with Crippen LogP contribution < -0.4 is 11.1 Å². The van der Waals surface area contributed by atoms with Gasteiger partial charge in [0.15, 0.2) is 12.5 Å². The summed E-state index contributed by atoms with van der Waals surface area (Å²) in [6.45, 7) is 7.36. The van der Waals surface area contributed by atoms with Gasteiger partial charge in [0.25, 0.3) is 0 Å². The van der Waals surface area contributed by atoms with E-state index < -0.39 is 29.6 Å². The second-order valence-electron chi connectivity index (χ2n) is 8.25. The van der Waals surface area contributed by atoms with Crippen LogP contribution in [0.1, 0.15) is 44.7 Å². The molecule has 0 fully saturated rings. The monoisotopic (exact) mass is 415 g/mol. The minimum atomic E-state index is -1.14. The number of amides is 1. The quantitative estimate of drug-likeness (QED) is 0.593. The number of carbonyl (C=O) groups is 3. The van der Waals surface area contributed by atoms with Gasteiger partial charge in [-0.2, -0.15) is 5.11 Å². The molecule has 0 bridgehead atoms. The predicted octanol–water partition coefficient (Wildman–Crippen LogP) is 1.86. The van der Waals surface area contributed by atoms with Gasteiger partial charge in [-0.05, 0) is 33.3 Å². The van der Waals surface area contributed by atoms with Crippen LogP contribution in [0.15, 0.2) is 39.5 Å². The number of esters is 1. The third-order valence-electron chi connectivity index (χ3n) is 4.24. The van der Waals surface area contributed by atoms with E-state index in [4.69, 9.17) is 10.5 Å². The first-order valence-electron chi connectivity index (χ1n) is 9.80. The van der Waals surface area contributed by atoms with Crippen molar-refractivity contribution in [3.63, 3.8) is 0 Å². The molecule has 2 atom stereocenters. The molecule has 162 valence electrons. The lowest BCUT2D eigenvalue weighted by Crippen LogP contribution is -2.50. The van der Waals surface area contributed by atoms with E-state index in [2.05, 4.69) is 20.5 Å². The fraction of sp³-hybridized carbons (Fsp3) is 0.524. The normalized spacial score (nSPS) is 15.3. The van der Waals surface area contributed by atoms with Gasteiger partial charge in [-0.25, -0.2) is 4.99 Å². The molecule has 0 radical (unpaired) electrons. The number of rotatable bonds is 9. The van der Waals surface area contributed by atoms with Crippen molar-refractivity contribution in [2.45, 2.75) is 64.6 Å². The lowest BCUT2D eigenvalue weighted by atomic mass is 9.99. The van der Waals surface area contributed by atoms with Gasteiger partial charge in [-0.15, -0.1) is 5.11 Å². The number of nitrogens with two attached hydrogens (primary N) is 1. The molecule has 30 heavy (non-hydrogen) atoms. The topological polar surface area (TPSA) is 136 Å². The van der Waals surface area contributed by atoms with Crippen LogP contribution >= 0.6 is 0 Å². The predicted molar refractivity (Wildman–Crippen MR) is 112 cm³/mol. The maximum absolute atomic E-state index is 12.9. The molecule has 0 saturated carbocycles.